The van der Waals surface area contributed by atoms with Crippen LogP contribution in [0.25, 0.3) is 0 Å². The van der Waals surface area contributed by atoms with E-state index in [-0.39, 0.29) is 17.9 Å². The van der Waals surface area contributed by atoms with Crippen LogP contribution in [0.3, 0.4) is 0 Å². The number of anilines is 1. The molecule has 2 unspecified atom stereocenters. The molecule has 0 aromatic heterocycles. The summed E-state index contributed by atoms with van der Waals surface area (Å²) in [4.78, 5) is 32.9. The third-order valence-electron chi connectivity index (χ3n) is 10.7. The van der Waals surface area contributed by atoms with E-state index in [1.54, 1.807) is 33.5 Å². The van der Waals surface area contributed by atoms with Crippen molar-refractivity contribution in [3.63, 3.8) is 0 Å². The minimum atomic E-state index is -1.10. The minimum Gasteiger partial charge on any atom is -0.495 e. The number of benzene rings is 2. The molecule has 4 aliphatic carbocycles. The highest BCUT2D eigenvalue weighted by atomic mass is 16.6. The Morgan fingerprint density at radius 2 is 1.71 bits per heavy atom. The maximum atomic E-state index is 14.7. The van der Waals surface area contributed by atoms with Crippen LogP contribution in [0.5, 0.6) is 17.2 Å². The number of ether oxygens (including phenoxy) is 4. The molecule has 2 saturated heterocycles. The SMILES string of the molecule is COc1ccccc1N1C(=O)C2C(C1=O)[C@@]13C=C[C@]2(OC)[C@@H]2Oc4c(OC)ccc5c4[C@@]21CCN(C)[C@@H]3C5. The van der Waals surface area contributed by atoms with Crippen LogP contribution in [0.15, 0.2) is 48.6 Å². The molecular weight excluding hydrogens is 484 g/mol. The molecule has 1 saturated carbocycles. The number of hydrogen-bond donors (Lipinski definition) is 0. The number of likely N-dealkylation sites (tertiary alicyclic amines) is 1. The predicted molar refractivity (Wildman–Crippen MR) is 138 cm³/mol. The summed E-state index contributed by atoms with van der Waals surface area (Å²) in [5.74, 6) is 0.158. The van der Waals surface area contributed by atoms with E-state index in [2.05, 4.69) is 24.1 Å². The molecule has 2 amide bonds. The average molecular weight is 515 g/mol. The molecule has 7 atom stereocenters. The molecule has 3 fully saturated rings. The minimum absolute atomic E-state index is 0.0301. The van der Waals surface area contributed by atoms with Crippen LogP contribution in [-0.4, -0.2) is 69.4 Å². The molecule has 9 rings (SSSR count). The zero-order valence-electron chi connectivity index (χ0n) is 21.9. The maximum absolute atomic E-state index is 14.7. The van der Waals surface area contributed by atoms with Crippen LogP contribution in [0.2, 0.25) is 0 Å². The number of rotatable bonds is 4. The molecule has 0 radical (unpaired) electrons. The Kier molecular flexibility index (Phi) is 4.15. The molecule has 3 heterocycles. The van der Waals surface area contributed by atoms with Crippen molar-refractivity contribution in [2.45, 2.75) is 36.0 Å². The zero-order chi connectivity index (χ0) is 26.2. The number of para-hydroxylation sites is 2. The number of hydrogen-bond acceptors (Lipinski definition) is 7. The van der Waals surface area contributed by atoms with Gasteiger partial charge in [-0.05, 0) is 50.2 Å². The summed E-state index contributed by atoms with van der Waals surface area (Å²) in [5, 5.41) is 0. The third-order valence-corrected chi connectivity index (χ3v) is 10.7. The van der Waals surface area contributed by atoms with Gasteiger partial charge in [-0.25, -0.2) is 4.90 Å². The second-order valence-corrected chi connectivity index (χ2v) is 11.5. The summed E-state index contributed by atoms with van der Waals surface area (Å²) >= 11 is 0. The number of carbonyl (C=O) groups excluding carboxylic acids is 2. The zero-order valence-corrected chi connectivity index (χ0v) is 21.9. The molecule has 8 heteroatoms. The van der Waals surface area contributed by atoms with Crippen molar-refractivity contribution in [1.29, 1.82) is 0 Å². The van der Waals surface area contributed by atoms with Crippen molar-refractivity contribution in [2.24, 2.45) is 17.3 Å². The van der Waals surface area contributed by atoms with Gasteiger partial charge in [0.15, 0.2) is 11.5 Å². The van der Waals surface area contributed by atoms with Crippen LogP contribution in [0.4, 0.5) is 5.69 Å². The van der Waals surface area contributed by atoms with E-state index in [4.69, 9.17) is 18.9 Å². The van der Waals surface area contributed by atoms with E-state index >= 15 is 0 Å². The highest BCUT2D eigenvalue weighted by Crippen LogP contribution is 2.77. The molecule has 2 aromatic rings. The van der Waals surface area contributed by atoms with Gasteiger partial charge in [-0.1, -0.05) is 30.4 Å². The van der Waals surface area contributed by atoms with Gasteiger partial charge >= 0.3 is 0 Å². The van der Waals surface area contributed by atoms with Gasteiger partial charge < -0.3 is 23.8 Å². The Bertz CT molecular complexity index is 1470. The van der Waals surface area contributed by atoms with Gasteiger partial charge in [-0.3, -0.25) is 9.59 Å². The molecule has 4 bridgehead atoms. The Morgan fingerprint density at radius 1 is 0.947 bits per heavy atom. The number of nitrogens with zero attached hydrogens (tertiary/aromatic N) is 2. The fourth-order valence-corrected chi connectivity index (χ4v) is 9.42. The lowest BCUT2D eigenvalue weighted by atomic mass is 9.34. The monoisotopic (exact) mass is 514 g/mol. The number of methoxy groups -OCH3 is 3. The van der Waals surface area contributed by atoms with Crippen LogP contribution in [-0.2, 0) is 26.2 Å². The molecule has 0 N–H and O–H groups in total. The van der Waals surface area contributed by atoms with Crippen LogP contribution in [0.1, 0.15) is 17.5 Å². The fraction of sp³-hybridized carbons (Fsp3) is 0.467. The smallest absolute Gasteiger partial charge is 0.241 e. The van der Waals surface area contributed by atoms with Crippen LogP contribution < -0.4 is 19.1 Å². The molecule has 7 aliphatic rings. The van der Waals surface area contributed by atoms with E-state index in [1.165, 1.54) is 10.5 Å². The van der Waals surface area contributed by atoms with Gasteiger partial charge in [0.05, 0.1) is 37.2 Å². The molecule has 2 spiro atoms. The fourth-order valence-electron chi connectivity index (χ4n) is 9.42. The quantitative estimate of drug-likeness (QED) is 0.459. The van der Waals surface area contributed by atoms with Gasteiger partial charge in [0, 0.05) is 24.1 Å². The second-order valence-electron chi connectivity index (χ2n) is 11.5. The number of imide groups is 1. The normalized spacial score (nSPS) is 39.2. The summed E-state index contributed by atoms with van der Waals surface area (Å²) in [6.07, 6.45) is 5.38. The van der Waals surface area contributed by atoms with Gasteiger partial charge in [-0.2, -0.15) is 0 Å². The van der Waals surface area contributed by atoms with E-state index < -0.39 is 34.4 Å². The Balaban J connectivity index is 1.44. The first-order valence-corrected chi connectivity index (χ1v) is 13.2. The highest BCUT2D eigenvalue weighted by molar-refractivity contribution is 6.24. The summed E-state index contributed by atoms with van der Waals surface area (Å²) in [6.45, 7) is 0.867. The van der Waals surface area contributed by atoms with Gasteiger partial charge in [0.25, 0.3) is 0 Å². The van der Waals surface area contributed by atoms with Gasteiger partial charge in [0.2, 0.25) is 11.8 Å². The lowest BCUT2D eigenvalue weighted by Crippen LogP contribution is -2.82. The van der Waals surface area contributed by atoms with Crippen molar-refractivity contribution in [3.05, 3.63) is 59.7 Å². The first-order valence-electron chi connectivity index (χ1n) is 13.2. The van der Waals surface area contributed by atoms with E-state index in [9.17, 15) is 9.59 Å². The highest BCUT2D eigenvalue weighted by Gasteiger charge is 2.86. The maximum Gasteiger partial charge on any atom is 0.241 e. The molecule has 38 heavy (non-hydrogen) atoms. The van der Waals surface area contributed by atoms with Crippen LogP contribution >= 0.6 is 0 Å². The van der Waals surface area contributed by atoms with Crippen molar-refractivity contribution in [2.75, 3.05) is 39.8 Å². The van der Waals surface area contributed by atoms with Gasteiger partial charge in [0.1, 0.15) is 17.5 Å². The van der Waals surface area contributed by atoms with E-state index in [0.29, 0.717) is 17.2 Å². The summed E-state index contributed by atoms with van der Waals surface area (Å²) in [6, 6.07) is 11.4. The molecule has 2 aromatic carbocycles. The first kappa shape index (κ1) is 22.6. The Hall–Kier alpha value is -3.36. The molecule has 196 valence electrons. The number of amides is 2. The van der Waals surface area contributed by atoms with Crippen molar-refractivity contribution in [1.82, 2.24) is 4.90 Å². The van der Waals surface area contributed by atoms with Crippen molar-refractivity contribution < 1.29 is 28.5 Å². The lowest BCUT2D eigenvalue weighted by molar-refractivity contribution is -0.229. The molecular formula is C30H30N2O6. The molecule has 8 nitrogen and oxygen atoms in total. The predicted octanol–water partition coefficient (Wildman–Crippen LogP) is 2.72. The summed E-state index contributed by atoms with van der Waals surface area (Å²) in [5.41, 5.74) is 0.597. The number of piperidine rings is 1. The Labute approximate surface area is 221 Å². The van der Waals surface area contributed by atoms with Crippen molar-refractivity contribution in [3.8, 4) is 17.2 Å². The summed E-state index contributed by atoms with van der Waals surface area (Å²) in [7, 11) is 6.99. The lowest BCUT2D eigenvalue weighted by Gasteiger charge is -2.71. The average Bonchev–Trinajstić information content (AvgIpc) is 3.44. The van der Waals surface area contributed by atoms with Gasteiger partial charge in [-0.15, -0.1) is 0 Å². The Morgan fingerprint density at radius 3 is 2.47 bits per heavy atom. The first-order chi connectivity index (χ1) is 18.4. The topological polar surface area (TPSA) is 77.5 Å². The van der Waals surface area contributed by atoms with E-state index in [1.807, 2.05) is 24.3 Å². The van der Waals surface area contributed by atoms with Crippen molar-refractivity contribution >= 4 is 17.5 Å². The van der Waals surface area contributed by atoms with Crippen LogP contribution in [0, 0.1) is 17.3 Å². The second kappa shape index (κ2) is 6.98. The third kappa shape index (κ3) is 2.07. The standard InChI is InChI=1S/C30H30N2O6/c1-31-14-13-29-21-16-9-10-19(36-3)24(21)38-27(29)30(37-4)12-11-28(29,20(31)15-16)22-23(30)26(34)32(25(22)33)17-7-5-6-8-18(17)35-2/h5-12,20,22-23,27H,13-15H2,1-4H3/t20-,22?,23?,27-,28+,29+,30-/m1/s1. The summed E-state index contributed by atoms with van der Waals surface area (Å²) < 4.78 is 24.7. The number of likely N-dealkylation sites (N-methyl/N-ethyl adjacent to an activating group) is 1. The molecule has 3 aliphatic heterocycles. The number of carbonyl (C=O) groups is 2. The van der Waals surface area contributed by atoms with E-state index in [0.717, 1.165) is 30.7 Å². The largest absolute Gasteiger partial charge is 0.495 e.